The zero-order valence-corrected chi connectivity index (χ0v) is 45.1. The molecule has 16 aromatic rings. The van der Waals surface area contributed by atoms with Gasteiger partial charge >= 0.3 is 0 Å². The van der Waals surface area contributed by atoms with E-state index < -0.39 is 0 Å². The molecule has 0 amide bonds. The minimum absolute atomic E-state index is 0.140. The van der Waals surface area contributed by atoms with E-state index in [1.165, 1.54) is 5.56 Å². The van der Waals surface area contributed by atoms with Gasteiger partial charge in [-0.05, 0) is 115 Å². The second-order valence-corrected chi connectivity index (χ2v) is 20.3. The van der Waals surface area contributed by atoms with Gasteiger partial charge in [-0.2, -0.15) is 26.0 Å². The summed E-state index contributed by atoms with van der Waals surface area (Å²) in [5.74, 6) is 0. The van der Waals surface area contributed by atoms with Crippen molar-refractivity contribution in [2.24, 2.45) is 0 Å². The molecule has 0 saturated carbocycles. The van der Waals surface area contributed by atoms with E-state index in [1.807, 2.05) is 129 Å². The monoisotopic (exact) mass is 1080 g/mol. The molecule has 10 aromatic carbocycles. The largest absolute Gasteiger partial charge is 0.456 e. The van der Waals surface area contributed by atoms with Crippen molar-refractivity contribution in [3.8, 4) is 85.6 Å². The predicted octanol–water partition coefficient (Wildman–Crippen LogP) is 19.3. The van der Waals surface area contributed by atoms with Crippen molar-refractivity contribution >= 4 is 98.7 Å². The average Bonchev–Trinajstić information content (AvgIpc) is 1.89. The normalized spacial score (nSPS) is 11.4. The number of rotatable bonds is 4. The van der Waals surface area contributed by atoms with Crippen molar-refractivity contribution in [1.82, 2.24) is 14.5 Å². The summed E-state index contributed by atoms with van der Waals surface area (Å²) in [5.41, 5.74) is 17.3. The highest BCUT2D eigenvalue weighted by atomic mass is 16.3. The van der Waals surface area contributed by atoms with Crippen LogP contribution in [0.15, 0.2) is 226 Å². The van der Waals surface area contributed by atoms with E-state index in [4.69, 9.17) is 18.2 Å². The fraction of sp³-hybridized carbons (Fsp3) is 0.0270. The molecule has 0 bridgehead atoms. The number of para-hydroxylation sites is 1. The molecule has 6 aromatic heterocycles. The van der Waals surface area contributed by atoms with Gasteiger partial charge in [0.05, 0.1) is 22.0 Å². The number of hydrogen-bond acceptors (Lipinski definition) is 9. The molecule has 0 N–H and O–H groups in total. The number of pyridine rings is 2. The molecule has 0 unspecified atom stereocenters. The Morgan fingerprint density at radius 3 is 1.63 bits per heavy atom. The van der Waals surface area contributed by atoms with Crippen LogP contribution in [0, 0.1) is 45.3 Å². The van der Waals surface area contributed by atoms with Crippen LogP contribution in [0.1, 0.15) is 36.4 Å². The Morgan fingerprint density at radius 1 is 0.369 bits per heavy atom. The lowest BCUT2D eigenvalue weighted by molar-refractivity contribution is 0.653. The van der Waals surface area contributed by atoms with Crippen LogP contribution in [0.5, 0.6) is 0 Å². The van der Waals surface area contributed by atoms with E-state index >= 15 is 0 Å². The van der Waals surface area contributed by atoms with Gasteiger partial charge in [0.1, 0.15) is 63.4 Å². The van der Waals surface area contributed by atoms with E-state index in [0.717, 1.165) is 110 Å². The van der Waals surface area contributed by atoms with Gasteiger partial charge in [0.25, 0.3) is 0 Å². The molecule has 17 rings (SSSR count). The summed E-state index contributed by atoms with van der Waals surface area (Å²) in [6.07, 6.45) is 0. The highest BCUT2D eigenvalue weighted by Crippen LogP contribution is 2.51. The second kappa shape index (κ2) is 19.3. The van der Waals surface area contributed by atoms with Crippen LogP contribution >= 0.6 is 0 Å². The minimum atomic E-state index is 0.140. The van der Waals surface area contributed by atoms with Crippen LogP contribution in [0.3, 0.4) is 0 Å². The first-order valence-corrected chi connectivity index (χ1v) is 27.5. The third-order valence-electron chi connectivity index (χ3n) is 16.0. The lowest BCUT2D eigenvalue weighted by Crippen LogP contribution is -2.04. The Morgan fingerprint density at radius 2 is 0.929 bits per heavy atom. The van der Waals surface area contributed by atoms with Gasteiger partial charge in [-0.25, -0.2) is 4.98 Å². The second-order valence-electron chi connectivity index (χ2n) is 20.3. The number of aromatic nitrogens is 3. The smallest absolute Gasteiger partial charge is 0.230 e. The zero-order valence-electron chi connectivity index (χ0n) is 45.1. The molecule has 0 radical (unpaired) electrons. The third kappa shape index (κ3) is 7.26. The van der Waals surface area contributed by atoms with Crippen molar-refractivity contribution in [3.05, 3.63) is 235 Å². The van der Waals surface area contributed by atoms with Crippen LogP contribution in [-0.4, -0.2) is 14.5 Å². The first-order valence-electron chi connectivity index (χ1n) is 27.5. The molecule has 10 nitrogen and oxygen atoms in total. The summed E-state index contributed by atoms with van der Waals surface area (Å²) in [6, 6.07) is 80.2. The number of fused-ring (bicyclic) bond motifs is 12. The molecular formula is C74H41N7O3. The molecule has 0 aliphatic heterocycles. The number of furan rings is 3. The summed E-state index contributed by atoms with van der Waals surface area (Å²) in [7, 11) is 0. The standard InChI is InChI=1S/C41H20N4O.C31H15N3O2.C2H6/c42-21-31-37-30-20-25(23-8-2-1-3-9-23)17-19-35(30)46-41(37)44-32(22-43)40(31)45-33-15-7-14-29-27-12-5-4-11-26(27)28-13-6-10-24-16-18-34(45)39(36(24)28)38(29)33;32-16-24-29(18-6-2-1-3-7-18)25(17-33)34-30-23-15-20(11-13-28(23)36-31(24)30)19-10-12-27-22(14-19)21-8-4-5-9-26(21)35-27;1-2/h1-20H;1-15H;1-2H3. The highest BCUT2D eigenvalue weighted by molar-refractivity contribution is 6.30. The van der Waals surface area contributed by atoms with Crippen molar-refractivity contribution < 1.29 is 13.3 Å². The van der Waals surface area contributed by atoms with Crippen LogP contribution < -0.4 is 0 Å². The van der Waals surface area contributed by atoms with Gasteiger partial charge in [-0.1, -0.05) is 172 Å². The molecule has 0 atom stereocenters. The van der Waals surface area contributed by atoms with Crippen molar-refractivity contribution in [2.45, 2.75) is 13.8 Å². The molecule has 10 heteroatoms. The Kier molecular flexibility index (Phi) is 11.3. The first kappa shape index (κ1) is 49.0. The van der Waals surface area contributed by atoms with Crippen LogP contribution in [0.25, 0.3) is 160 Å². The lowest BCUT2D eigenvalue weighted by atomic mass is 9.93. The Balaban J connectivity index is 0.000000143. The fourth-order valence-corrected chi connectivity index (χ4v) is 12.5. The van der Waals surface area contributed by atoms with Gasteiger partial charge in [-0.15, -0.1) is 0 Å². The molecule has 0 fully saturated rings. The molecule has 1 aliphatic rings. The van der Waals surface area contributed by atoms with E-state index in [-0.39, 0.29) is 17.1 Å². The van der Waals surface area contributed by atoms with Crippen LogP contribution in [0.2, 0.25) is 0 Å². The minimum Gasteiger partial charge on any atom is -0.456 e. The maximum Gasteiger partial charge on any atom is 0.230 e. The first-order chi connectivity index (χ1) is 41.5. The molecule has 0 saturated heterocycles. The third-order valence-corrected chi connectivity index (χ3v) is 16.0. The van der Waals surface area contributed by atoms with Gasteiger partial charge in [0.15, 0.2) is 17.0 Å². The number of nitriles is 4. The Labute approximate surface area is 479 Å². The van der Waals surface area contributed by atoms with Crippen molar-refractivity contribution in [3.63, 3.8) is 0 Å². The lowest BCUT2D eigenvalue weighted by Gasteiger charge is -2.15. The Hall–Kier alpha value is -12.1. The van der Waals surface area contributed by atoms with Gasteiger partial charge < -0.3 is 17.8 Å². The van der Waals surface area contributed by atoms with Crippen molar-refractivity contribution in [1.29, 1.82) is 21.0 Å². The topological polar surface area (TPSA) is 165 Å². The molecule has 1 aliphatic carbocycles. The summed E-state index contributed by atoms with van der Waals surface area (Å²) >= 11 is 0. The summed E-state index contributed by atoms with van der Waals surface area (Å²) in [4.78, 5) is 9.43. The van der Waals surface area contributed by atoms with E-state index in [9.17, 15) is 21.0 Å². The molecule has 0 spiro atoms. The molecule has 6 heterocycles. The molecule has 390 valence electrons. The maximum absolute atomic E-state index is 10.9. The highest BCUT2D eigenvalue weighted by Gasteiger charge is 2.29. The molecule has 84 heavy (non-hydrogen) atoms. The van der Waals surface area contributed by atoms with Crippen molar-refractivity contribution in [2.75, 3.05) is 0 Å². The summed E-state index contributed by atoms with van der Waals surface area (Å²) in [6.45, 7) is 4.00. The van der Waals surface area contributed by atoms with Crippen LogP contribution in [0.4, 0.5) is 0 Å². The predicted molar refractivity (Wildman–Crippen MR) is 333 cm³/mol. The van der Waals surface area contributed by atoms with Gasteiger partial charge in [-0.3, -0.25) is 0 Å². The quantitative estimate of drug-likeness (QED) is 0.167. The number of benzene rings is 10. The average molecular weight is 1080 g/mol. The summed E-state index contributed by atoms with van der Waals surface area (Å²) in [5, 5.41) is 50.2. The van der Waals surface area contributed by atoms with E-state index in [1.54, 1.807) is 0 Å². The van der Waals surface area contributed by atoms with E-state index in [0.29, 0.717) is 50.0 Å². The van der Waals surface area contributed by atoms with Gasteiger partial charge in [0, 0.05) is 37.9 Å². The van der Waals surface area contributed by atoms with Crippen LogP contribution in [-0.2, 0) is 0 Å². The SMILES string of the molecule is CC.N#Cc1nc2c(oc3ccc(-c4ccc5oc6ccccc6c5c4)cc32)c(C#N)c1-c1ccccc1.N#Cc1nc2oc3ccc(-c4ccccc4)cc3c2c(C#N)c1-n1c2cccc3c2c2c4c(cccc4ccc21)-c1ccccc1-3. The maximum atomic E-state index is 10.9. The number of hydrogen-bond donors (Lipinski definition) is 0. The molecular weight excluding hydrogens is 1030 g/mol. The number of nitrogens with zero attached hydrogens (tertiary/aromatic N) is 7. The summed E-state index contributed by atoms with van der Waals surface area (Å²) < 4.78 is 20.4. The van der Waals surface area contributed by atoms with Gasteiger partial charge in [0.2, 0.25) is 5.71 Å². The fourth-order valence-electron chi connectivity index (χ4n) is 12.5. The van der Waals surface area contributed by atoms with E-state index in [2.05, 4.69) is 131 Å². The zero-order chi connectivity index (χ0) is 56.7. The Bertz CT molecular complexity index is 5640.